The minimum absolute atomic E-state index is 0.0338. The highest BCUT2D eigenvalue weighted by molar-refractivity contribution is 7.91. The zero-order valence-electron chi connectivity index (χ0n) is 17.7. The molecule has 0 unspecified atom stereocenters. The van der Waals surface area contributed by atoms with Crippen LogP contribution in [0.15, 0.2) is 87.5 Å². The van der Waals surface area contributed by atoms with E-state index >= 15 is 0 Å². The van der Waals surface area contributed by atoms with Gasteiger partial charge >= 0.3 is 0 Å². The van der Waals surface area contributed by atoms with Gasteiger partial charge in [-0.25, -0.2) is 12.8 Å². The Hall–Kier alpha value is -3.45. The van der Waals surface area contributed by atoms with Crippen LogP contribution in [-0.2, 0) is 22.8 Å². The monoisotopic (exact) mass is 451 g/mol. The highest BCUT2D eigenvalue weighted by Gasteiger charge is 2.24. The standard InChI is InChI=1S/C25H22FNO4S/c1-3-17-8-11-20(12-9-17)32(29,30)24-16-27(15-18-6-4-5-7-22(18)26)23-13-10-19(31-2)14-21(23)25(24)28/h4-14,16H,3,15H2,1-2H3. The number of hydrogen-bond acceptors (Lipinski definition) is 4. The van der Waals surface area contributed by atoms with Crippen molar-refractivity contribution in [3.63, 3.8) is 0 Å². The number of aryl methyl sites for hydroxylation is 1. The second kappa shape index (κ2) is 8.59. The molecule has 0 saturated carbocycles. The second-order valence-electron chi connectivity index (χ2n) is 7.43. The SMILES string of the molecule is CCc1ccc(S(=O)(=O)c2cn(Cc3ccccc3F)c3ccc(OC)cc3c2=O)cc1. The molecule has 32 heavy (non-hydrogen) atoms. The predicted molar refractivity (Wildman–Crippen MR) is 122 cm³/mol. The second-order valence-corrected chi connectivity index (χ2v) is 9.34. The van der Waals surface area contributed by atoms with Gasteiger partial charge in [-0.3, -0.25) is 4.79 Å². The van der Waals surface area contributed by atoms with Crippen molar-refractivity contribution < 1.29 is 17.5 Å². The van der Waals surface area contributed by atoms with E-state index in [-0.39, 0.29) is 21.7 Å². The fourth-order valence-electron chi connectivity index (χ4n) is 3.64. The number of nitrogens with zero attached hydrogens (tertiary/aromatic N) is 1. The van der Waals surface area contributed by atoms with Crippen LogP contribution in [0.2, 0.25) is 0 Å². The number of sulfone groups is 1. The van der Waals surface area contributed by atoms with Crippen molar-refractivity contribution in [2.75, 3.05) is 7.11 Å². The van der Waals surface area contributed by atoms with Crippen LogP contribution in [0.3, 0.4) is 0 Å². The lowest BCUT2D eigenvalue weighted by Crippen LogP contribution is -2.20. The molecule has 3 aromatic carbocycles. The van der Waals surface area contributed by atoms with Gasteiger partial charge < -0.3 is 9.30 Å². The van der Waals surface area contributed by atoms with Crippen LogP contribution >= 0.6 is 0 Å². The first-order chi connectivity index (χ1) is 15.3. The number of benzene rings is 3. The lowest BCUT2D eigenvalue weighted by Gasteiger charge is -2.15. The first kappa shape index (κ1) is 21.8. The molecule has 4 aromatic rings. The number of ether oxygens (including phenoxy) is 1. The summed E-state index contributed by atoms with van der Waals surface area (Å²) in [6, 6.07) is 17.6. The number of hydrogen-bond donors (Lipinski definition) is 0. The molecule has 0 spiro atoms. The number of pyridine rings is 1. The van der Waals surface area contributed by atoms with Gasteiger partial charge in [-0.1, -0.05) is 37.3 Å². The number of halogens is 1. The average Bonchev–Trinajstić information content (AvgIpc) is 2.81. The van der Waals surface area contributed by atoms with E-state index in [9.17, 15) is 17.6 Å². The molecule has 0 aliphatic heterocycles. The van der Waals surface area contributed by atoms with Gasteiger partial charge in [0.25, 0.3) is 0 Å². The maximum atomic E-state index is 14.3. The van der Waals surface area contributed by atoms with Crippen LogP contribution in [0.1, 0.15) is 18.1 Å². The van der Waals surface area contributed by atoms with Crippen LogP contribution in [0.4, 0.5) is 4.39 Å². The van der Waals surface area contributed by atoms with E-state index in [4.69, 9.17) is 4.74 Å². The first-order valence-electron chi connectivity index (χ1n) is 10.1. The molecule has 0 fully saturated rings. The summed E-state index contributed by atoms with van der Waals surface area (Å²) < 4.78 is 48.0. The van der Waals surface area contributed by atoms with Crippen molar-refractivity contribution >= 4 is 20.7 Å². The molecular weight excluding hydrogens is 429 g/mol. The fraction of sp³-hybridized carbons (Fsp3) is 0.160. The van der Waals surface area contributed by atoms with Crippen molar-refractivity contribution in [1.82, 2.24) is 4.57 Å². The largest absolute Gasteiger partial charge is 0.497 e. The summed E-state index contributed by atoms with van der Waals surface area (Å²) in [5.74, 6) is 0.0151. The van der Waals surface area contributed by atoms with Crippen LogP contribution in [0, 0.1) is 5.82 Å². The zero-order chi connectivity index (χ0) is 22.9. The molecule has 0 aliphatic carbocycles. The normalized spacial score (nSPS) is 11.6. The maximum absolute atomic E-state index is 14.3. The Morgan fingerprint density at radius 3 is 2.38 bits per heavy atom. The van der Waals surface area contributed by atoms with Gasteiger partial charge in [0.15, 0.2) is 0 Å². The summed E-state index contributed by atoms with van der Waals surface area (Å²) in [5, 5.41) is 0.187. The van der Waals surface area contributed by atoms with Gasteiger partial charge in [-0.05, 0) is 48.4 Å². The third-order valence-corrected chi connectivity index (χ3v) is 7.25. The molecule has 4 rings (SSSR count). The maximum Gasteiger partial charge on any atom is 0.211 e. The van der Waals surface area contributed by atoms with Gasteiger partial charge in [0.05, 0.1) is 29.5 Å². The minimum atomic E-state index is -4.10. The average molecular weight is 452 g/mol. The minimum Gasteiger partial charge on any atom is -0.497 e. The molecule has 164 valence electrons. The summed E-state index contributed by atoms with van der Waals surface area (Å²) in [4.78, 5) is 13.0. The van der Waals surface area contributed by atoms with E-state index in [0.29, 0.717) is 16.8 Å². The van der Waals surface area contributed by atoms with Crippen molar-refractivity contribution in [1.29, 1.82) is 0 Å². The Morgan fingerprint density at radius 2 is 1.72 bits per heavy atom. The van der Waals surface area contributed by atoms with E-state index in [1.807, 2.05) is 6.92 Å². The number of fused-ring (bicyclic) bond motifs is 1. The Labute approximate surface area is 185 Å². The van der Waals surface area contributed by atoms with Crippen LogP contribution in [0.25, 0.3) is 10.9 Å². The molecule has 0 N–H and O–H groups in total. The molecule has 0 saturated heterocycles. The summed E-state index contributed by atoms with van der Waals surface area (Å²) >= 11 is 0. The van der Waals surface area contributed by atoms with Crippen molar-refractivity contribution in [2.24, 2.45) is 0 Å². The molecular formula is C25H22FNO4S. The quantitative estimate of drug-likeness (QED) is 0.430. The summed E-state index contributed by atoms with van der Waals surface area (Å²) in [5.41, 5.74) is 1.23. The van der Waals surface area contributed by atoms with E-state index < -0.39 is 21.1 Å². The summed E-state index contributed by atoms with van der Waals surface area (Å²) in [6.45, 7) is 2.04. The van der Waals surface area contributed by atoms with Crippen LogP contribution < -0.4 is 10.2 Å². The van der Waals surface area contributed by atoms with Crippen molar-refractivity contribution in [2.45, 2.75) is 29.7 Å². The number of methoxy groups -OCH3 is 1. The number of aromatic nitrogens is 1. The third-order valence-electron chi connectivity index (χ3n) is 5.48. The third kappa shape index (κ3) is 3.91. The number of rotatable bonds is 6. The van der Waals surface area contributed by atoms with Gasteiger partial charge in [-0.2, -0.15) is 0 Å². The Balaban J connectivity index is 1.97. The lowest BCUT2D eigenvalue weighted by atomic mass is 10.1. The molecule has 1 aromatic heterocycles. The zero-order valence-corrected chi connectivity index (χ0v) is 18.5. The molecule has 0 amide bonds. The molecule has 0 bridgehead atoms. The molecule has 0 atom stereocenters. The first-order valence-corrected chi connectivity index (χ1v) is 11.6. The van der Waals surface area contributed by atoms with Crippen LogP contribution in [-0.4, -0.2) is 20.1 Å². The Kier molecular flexibility index (Phi) is 5.84. The van der Waals surface area contributed by atoms with Crippen molar-refractivity contribution in [3.05, 3.63) is 100 Å². The summed E-state index contributed by atoms with van der Waals surface area (Å²) in [7, 11) is -2.63. The van der Waals surface area contributed by atoms with E-state index in [0.717, 1.165) is 12.0 Å². The topological polar surface area (TPSA) is 65.4 Å². The smallest absolute Gasteiger partial charge is 0.211 e. The van der Waals surface area contributed by atoms with Crippen molar-refractivity contribution in [3.8, 4) is 5.75 Å². The molecule has 5 nitrogen and oxygen atoms in total. The van der Waals surface area contributed by atoms with E-state index in [1.165, 1.54) is 37.6 Å². The van der Waals surface area contributed by atoms with E-state index in [2.05, 4.69) is 0 Å². The molecule has 0 aliphatic rings. The highest BCUT2D eigenvalue weighted by atomic mass is 32.2. The predicted octanol–water partition coefficient (Wildman–Crippen LogP) is 4.59. The highest BCUT2D eigenvalue weighted by Crippen LogP contribution is 2.25. The van der Waals surface area contributed by atoms with Gasteiger partial charge in [0.2, 0.25) is 15.3 Å². The molecule has 1 heterocycles. The van der Waals surface area contributed by atoms with Gasteiger partial charge in [0, 0.05) is 11.8 Å². The molecule has 0 radical (unpaired) electrons. The summed E-state index contributed by atoms with van der Waals surface area (Å²) in [6.07, 6.45) is 2.07. The van der Waals surface area contributed by atoms with E-state index in [1.54, 1.807) is 47.0 Å². The van der Waals surface area contributed by atoms with Gasteiger partial charge in [-0.15, -0.1) is 0 Å². The van der Waals surface area contributed by atoms with Crippen LogP contribution in [0.5, 0.6) is 5.75 Å². The Bertz CT molecular complexity index is 1460. The van der Waals surface area contributed by atoms with Gasteiger partial charge in [0.1, 0.15) is 16.5 Å². The molecule has 7 heteroatoms. The Morgan fingerprint density at radius 1 is 1.00 bits per heavy atom. The lowest BCUT2D eigenvalue weighted by molar-refractivity contribution is 0.415. The fourth-order valence-corrected chi connectivity index (χ4v) is 5.01.